The van der Waals surface area contributed by atoms with Crippen molar-refractivity contribution in [3.05, 3.63) is 63.1 Å². The maximum atomic E-state index is 12.5. The fraction of sp³-hybridized carbons (Fsp3) is 0.440. The molecule has 34 heavy (non-hydrogen) atoms. The van der Waals surface area contributed by atoms with Gasteiger partial charge in [-0.25, -0.2) is 0 Å². The number of nitrogens with one attached hydrogen (secondary N) is 1. The first-order valence-corrected chi connectivity index (χ1v) is 13.0. The maximum absolute atomic E-state index is 12.5. The summed E-state index contributed by atoms with van der Waals surface area (Å²) in [6.45, 7) is 5.26. The molecule has 1 N–H and O–H groups in total. The summed E-state index contributed by atoms with van der Waals surface area (Å²) in [6, 6.07) is 11.8. The number of rotatable bonds is 4. The minimum atomic E-state index is -0.324. The van der Waals surface area contributed by atoms with E-state index in [1.54, 1.807) is 0 Å². The van der Waals surface area contributed by atoms with Gasteiger partial charge in [0.05, 0.1) is 27.1 Å². The van der Waals surface area contributed by atoms with Gasteiger partial charge in [-0.05, 0) is 41.7 Å². The Bertz CT molecular complexity index is 1110. The Labute approximate surface area is 215 Å². The molecule has 3 aliphatic rings. The van der Waals surface area contributed by atoms with Crippen molar-refractivity contribution in [1.82, 2.24) is 15.1 Å². The van der Waals surface area contributed by atoms with Crippen molar-refractivity contribution in [1.29, 1.82) is 0 Å². The van der Waals surface area contributed by atoms with Crippen LogP contribution in [-0.2, 0) is 22.7 Å². The molecule has 0 spiro atoms. The predicted molar refractivity (Wildman–Crippen MR) is 138 cm³/mol. The normalized spacial score (nSPS) is 24.1. The van der Waals surface area contributed by atoms with Crippen molar-refractivity contribution in [2.24, 2.45) is 0 Å². The molecule has 2 atom stereocenters. The molecule has 9 heteroatoms. The molecule has 3 heterocycles. The number of nitrogens with zero attached hydrogens (tertiary/aromatic N) is 3. The van der Waals surface area contributed by atoms with Gasteiger partial charge in [-0.2, -0.15) is 12.6 Å². The lowest BCUT2D eigenvalue weighted by atomic mass is 10.0. The van der Waals surface area contributed by atoms with Gasteiger partial charge < -0.3 is 4.90 Å². The van der Waals surface area contributed by atoms with Crippen molar-refractivity contribution >= 4 is 53.3 Å². The minimum Gasteiger partial charge on any atom is -0.369 e. The van der Waals surface area contributed by atoms with Crippen molar-refractivity contribution in [3.63, 3.8) is 0 Å². The standard InChI is InChI=1S/C25H28Cl2N4O2S/c26-19-6-2-7-20(23(19)27)30-11-3-10-29(12-13-30)14-16-4-1-5-17-18(16)15-31(25(17)34)21-8-9-22(32)28-24(21)33/h1-2,4-7,21,25,34H,3,8-15H2,(H,28,32,33). The summed E-state index contributed by atoms with van der Waals surface area (Å²) in [5.41, 5.74) is 4.69. The largest absolute Gasteiger partial charge is 0.369 e. The summed E-state index contributed by atoms with van der Waals surface area (Å²) in [6.07, 6.45) is 1.95. The smallest absolute Gasteiger partial charge is 0.243 e. The van der Waals surface area contributed by atoms with Crippen molar-refractivity contribution in [3.8, 4) is 0 Å². The summed E-state index contributed by atoms with van der Waals surface area (Å²) >= 11 is 17.6. The second kappa shape index (κ2) is 10.1. The molecule has 6 nitrogen and oxygen atoms in total. The third-order valence-electron chi connectivity index (χ3n) is 7.11. The number of thiol groups is 1. The fourth-order valence-corrected chi connectivity index (χ4v) is 6.21. The van der Waals surface area contributed by atoms with Crippen LogP contribution in [0.4, 0.5) is 5.69 Å². The lowest BCUT2D eigenvalue weighted by Gasteiger charge is -2.32. The van der Waals surface area contributed by atoms with Crippen LogP contribution in [-0.4, -0.2) is 53.8 Å². The summed E-state index contributed by atoms with van der Waals surface area (Å²) in [5, 5.41) is 3.53. The number of fused-ring (bicyclic) bond motifs is 1. The van der Waals surface area contributed by atoms with Gasteiger partial charge in [0.1, 0.15) is 0 Å². The molecule has 0 radical (unpaired) electrons. The van der Waals surface area contributed by atoms with Crippen LogP contribution in [0.25, 0.3) is 0 Å². The van der Waals surface area contributed by atoms with Gasteiger partial charge in [0.25, 0.3) is 0 Å². The number of carbonyl (C=O) groups is 2. The van der Waals surface area contributed by atoms with Gasteiger partial charge in [-0.1, -0.05) is 47.5 Å². The Morgan fingerprint density at radius 1 is 1.03 bits per heavy atom. The van der Waals surface area contributed by atoms with Crippen molar-refractivity contribution in [2.45, 2.75) is 43.8 Å². The first kappa shape index (κ1) is 23.9. The van der Waals surface area contributed by atoms with Crippen LogP contribution in [0.3, 0.4) is 0 Å². The first-order valence-electron chi connectivity index (χ1n) is 11.7. The minimum absolute atomic E-state index is 0.150. The molecule has 0 aliphatic carbocycles. The van der Waals surface area contributed by atoms with Crippen LogP contribution in [0.1, 0.15) is 41.3 Å². The van der Waals surface area contributed by atoms with Gasteiger partial charge in [0.15, 0.2) is 0 Å². The summed E-state index contributed by atoms with van der Waals surface area (Å²) in [5.74, 6) is -0.402. The molecule has 2 aromatic carbocycles. The van der Waals surface area contributed by atoms with E-state index in [0.29, 0.717) is 29.4 Å². The van der Waals surface area contributed by atoms with Gasteiger partial charge >= 0.3 is 0 Å². The summed E-state index contributed by atoms with van der Waals surface area (Å²) in [7, 11) is 0. The summed E-state index contributed by atoms with van der Waals surface area (Å²) in [4.78, 5) is 31.0. The molecule has 0 saturated carbocycles. The zero-order chi connectivity index (χ0) is 23.8. The molecule has 2 saturated heterocycles. The Hall–Kier alpha value is -1.77. The molecular formula is C25H28Cl2N4O2S. The number of amides is 2. The Morgan fingerprint density at radius 2 is 1.85 bits per heavy atom. The second-order valence-electron chi connectivity index (χ2n) is 9.19. The van der Waals surface area contributed by atoms with E-state index in [-0.39, 0.29) is 23.2 Å². The first-order chi connectivity index (χ1) is 16.4. The quantitative estimate of drug-likeness (QED) is 0.467. The molecule has 180 valence electrons. The molecule has 2 unspecified atom stereocenters. The zero-order valence-electron chi connectivity index (χ0n) is 18.8. The highest BCUT2D eigenvalue weighted by Gasteiger charge is 2.39. The van der Waals surface area contributed by atoms with Crippen LogP contribution in [0.15, 0.2) is 36.4 Å². The highest BCUT2D eigenvalue weighted by atomic mass is 35.5. The van der Waals surface area contributed by atoms with Crippen LogP contribution >= 0.6 is 35.8 Å². The van der Waals surface area contributed by atoms with E-state index in [0.717, 1.165) is 50.4 Å². The van der Waals surface area contributed by atoms with E-state index in [4.69, 9.17) is 35.8 Å². The van der Waals surface area contributed by atoms with Gasteiger partial charge in [-0.15, -0.1) is 0 Å². The van der Waals surface area contributed by atoms with E-state index in [2.05, 4.69) is 38.2 Å². The summed E-state index contributed by atoms with van der Waals surface area (Å²) < 4.78 is 0. The molecule has 3 aliphatic heterocycles. The number of hydrogen-bond donors (Lipinski definition) is 2. The van der Waals surface area contributed by atoms with Gasteiger partial charge in [0.2, 0.25) is 11.8 Å². The van der Waals surface area contributed by atoms with Crippen molar-refractivity contribution < 1.29 is 9.59 Å². The van der Waals surface area contributed by atoms with E-state index in [9.17, 15) is 9.59 Å². The molecule has 2 fully saturated rings. The fourth-order valence-electron chi connectivity index (χ4n) is 5.31. The van der Waals surface area contributed by atoms with E-state index < -0.39 is 0 Å². The van der Waals surface area contributed by atoms with Gasteiger partial charge in [-0.3, -0.25) is 24.7 Å². The Balaban J connectivity index is 1.29. The highest BCUT2D eigenvalue weighted by molar-refractivity contribution is 7.80. The molecular weight excluding hydrogens is 491 g/mol. The number of benzene rings is 2. The number of halogens is 2. The van der Waals surface area contributed by atoms with E-state index in [1.165, 1.54) is 11.1 Å². The van der Waals surface area contributed by atoms with Crippen LogP contribution in [0, 0.1) is 0 Å². The zero-order valence-corrected chi connectivity index (χ0v) is 21.3. The third kappa shape index (κ3) is 4.69. The number of piperidine rings is 1. The van der Waals surface area contributed by atoms with Crippen LogP contribution < -0.4 is 10.2 Å². The second-order valence-corrected chi connectivity index (χ2v) is 10.5. The van der Waals surface area contributed by atoms with Crippen LogP contribution in [0.2, 0.25) is 10.0 Å². The average Bonchev–Trinajstić information content (AvgIpc) is 2.99. The molecule has 0 bridgehead atoms. The van der Waals surface area contributed by atoms with E-state index >= 15 is 0 Å². The molecule has 0 aromatic heterocycles. The topological polar surface area (TPSA) is 55.9 Å². The predicted octanol–water partition coefficient (Wildman–Crippen LogP) is 4.25. The number of hydrogen-bond acceptors (Lipinski definition) is 6. The van der Waals surface area contributed by atoms with E-state index in [1.807, 2.05) is 18.2 Å². The highest BCUT2D eigenvalue weighted by Crippen LogP contribution is 2.41. The average molecular weight is 519 g/mol. The number of carbonyl (C=O) groups excluding carboxylic acids is 2. The Morgan fingerprint density at radius 3 is 2.68 bits per heavy atom. The van der Waals surface area contributed by atoms with Gasteiger partial charge in [0, 0.05) is 45.7 Å². The SMILES string of the molecule is O=C1CCC(N2Cc3c(CN4CCCN(c5cccc(Cl)c5Cl)CC4)cccc3C2S)C(=O)N1. The molecule has 2 aromatic rings. The Kier molecular flexibility index (Phi) is 7.09. The number of imide groups is 1. The lowest BCUT2D eigenvalue weighted by Crippen LogP contribution is -2.51. The lowest BCUT2D eigenvalue weighted by molar-refractivity contribution is -0.137. The molecule has 2 amide bonds. The monoisotopic (exact) mass is 518 g/mol. The number of anilines is 1. The molecule has 5 rings (SSSR count). The van der Waals surface area contributed by atoms with Crippen molar-refractivity contribution in [2.75, 3.05) is 31.1 Å². The third-order valence-corrected chi connectivity index (χ3v) is 8.49. The maximum Gasteiger partial charge on any atom is 0.243 e. The van der Waals surface area contributed by atoms with Crippen LogP contribution in [0.5, 0.6) is 0 Å².